The highest BCUT2D eigenvalue weighted by Gasteiger charge is 2.53. The van der Waals surface area contributed by atoms with E-state index in [0.717, 1.165) is 44.5 Å². The summed E-state index contributed by atoms with van der Waals surface area (Å²) in [7, 11) is 0. The third-order valence-corrected chi connectivity index (χ3v) is 18.7. The largest absolute Gasteiger partial charge is 0.485 e. The normalized spacial score (nSPS) is 15.6. The van der Waals surface area contributed by atoms with Gasteiger partial charge in [-0.2, -0.15) is 0 Å². The first-order chi connectivity index (χ1) is 56.2. The number of benzene rings is 12. The summed E-state index contributed by atoms with van der Waals surface area (Å²) in [5.41, 5.74) is 6.31. The Labute approximate surface area is 662 Å². The third-order valence-electron chi connectivity index (χ3n) is 18.7. The standard InChI is InChI=1S/C96H84O18/c1-3-50-100-88-82-65-111-94(98)76-54-80(104-58-68-36-18-7-19-37-68)86(107-61-71-42-24-10-25-43-71)89(109-63-73-46-28-12-29-47-73)83(76)84-77(55-81(105-59-69-38-20-8-21-39-69)87(108-62-72-44-26-11-27-45-72)90(84)110-64-74-48-30-13-31-49-74)95(99)113-91(88)92(101-51-4-2)96(112-82)114-93(97)75-52-78(102-56-66-32-14-5-15-33-66)85(106-60-70-40-22-9-23-41-70)79(53-75)103-57-67-34-16-6-17-35-67/h3-49,52-55,82,88,91-92,96H,1-2,50-51,56-65H2/t82-,88?,91?,92-,96?/m1/s1. The van der Waals surface area contributed by atoms with Crippen LogP contribution in [0, 0.1) is 0 Å². The zero-order chi connectivity index (χ0) is 78.1. The summed E-state index contributed by atoms with van der Waals surface area (Å²) >= 11 is 0. The van der Waals surface area contributed by atoms with Gasteiger partial charge in [-0.25, -0.2) is 14.4 Å². The van der Waals surface area contributed by atoms with Crippen molar-refractivity contribution < 1.29 is 85.4 Å². The Balaban J connectivity index is 0.973. The minimum absolute atomic E-state index is 0.0179. The van der Waals surface area contributed by atoms with Gasteiger partial charge in [0.15, 0.2) is 46.7 Å². The van der Waals surface area contributed by atoms with Crippen molar-refractivity contribution in [1.82, 2.24) is 0 Å². The highest BCUT2D eigenvalue weighted by molar-refractivity contribution is 6.09. The molecule has 114 heavy (non-hydrogen) atoms. The zero-order valence-electron chi connectivity index (χ0n) is 62.6. The molecule has 1 saturated heterocycles. The number of fused-ring (bicyclic) bond motifs is 5. The van der Waals surface area contributed by atoms with Crippen LogP contribution in [-0.4, -0.2) is 68.4 Å². The number of ether oxygens (including phenoxy) is 15. The molecule has 0 radical (unpaired) electrons. The van der Waals surface area contributed by atoms with E-state index in [-0.39, 0.29) is 152 Å². The molecule has 0 aliphatic carbocycles. The fourth-order valence-electron chi connectivity index (χ4n) is 13.0. The predicted octanol–water partition coefficient (Wildman–Crippen LogP) is 19.0. The molecule has 18 nitrogen and oxygen atoms in total. The van der Waals surface area contributed by atoms with Gasteiger partial charge in [-0.1, -0.05) is 285 Å². The number of rotatable bonds is 35. The number of carbonyl (C=O) groups excluding carboxylic acids is 3. The van der Waals surface area contributed by atoms with Crippen LogP contribution in [0.4, 0.5) is 0 Å². The number of carbonyl (C=O) groups is 3. The van der Waals surface area contributed by atoms with Gasteiger partial charge in [0.25, 0.3) is 0 Å². The van der Waals surface area contributed by atoms with Crippen LogP contribution in [0.3, 0.4) is 0 Å². The molecule has 0 saturated carbocycles. The number of cyclic esters (lactones) is 1. The molecule has 12 aromatic carbocycles. The Morgan fingerprint density at radius 3 is 0.947 bits per heavy atom. The Morgan fingerprint density at radius 2 is 0.623 bits per heavy atom. The highest BCUT2D eigenvalue weighted by Crippen LogP contribution is 2.56. The van der Waals surface area contributed by atoms with Crippen LogP contribution in [0.25, 0.3) is 11.1 Å². The van der Waals surface area contributed by atoms with E-state index in [2.05, 4.69) is 13.2 Å². The minimum atomic E-state index is -1.79. The molecular formula is C96H84O18. The van der Waals surface area contributed by atoms with Gasteiger partial charge in [0, 0.05) is 11.1 Å². The molecule has 0 amide bonds. The van der Waals surface area contributed by atoms with Crippen molar-refractivity contribution in [3.8, 4) is 62.9 Å². The lowest BCUT2D eigenvalue weighted by Gasteiger charge is -2.44. The van der Waals surface area contributed by atoms with Gasteiger partial charge < -0.3 is 71.1 Å². The maximum atomic E-state index is 17.1. The Kier molecular flexibility index (Phi) is 26.5. The molecule has 2 bridgehead atoms. The molecule has 1 fully saturated rings. The Bertz CT molecular complexity index is 5080. The summed E-state index contributed by atoms with van der Waals surface area (Å²) in [5, 5.41) is 0. The van der Waals surface area contributed by atoms with E-state index in [9.17, 15) is 0 Å². The lowest BCUT2D eigenvalue weighted by atomic mass is 9.91. The van der Waals surface area contributed by atoms with E-state index in [1.54, 1.807) is 0 Å². The first-order valence-electron chi connectivity index (χ1n) is 37.5. The second-order valence-corrected chi connectivity index (χ2v) is 26.8. The maximum absolute atomic E-state index is 17.1. The quantitative estimate of drug-likeness (QED) is 0.0207. The molecule has 2 aliphatic rings. The second-order valence-electron chi connectivity index (χ2n) is 26.8. The fraction of sp³-hybridized carbons (Fsp3) is 0.177. The lowest BCUT2D eigenvalue weighted by molar-refractivity contribution is -0.297. The van der Waals surface area contributed by atoms with Crippen molar-refractivity contribution in [2.24, 2.45) is 0 Å². The molecule has 2 aliphatic heterocycles. The Hall–Kier alpha value is -13.4. The minimum Gasteiger partial charge on any atom is -0.485 e. The summed E-state index contributed by atoms with van der Waals surface area (Å²) in [5.74, 6) is -2.56. The average Bonchev–Trinajstić information content (AvgIpc) is 0.731. The summed E-state index contributed by atoms with van der Waals surface area (Å²) in [6.45, 7) is 6.75. The number of esters is 3. The van der Waals surface area contributed by atoms with Crippen LogP contribution in [0.15, 0.2) is 323 Å². The van der Waals surface area contributed by atoms with Gasteiger partial charge in [0.2, 0.25) is 23.5 Å². The molecule has 3 unspecified atom stereocenters. The van der Waals surface area contributed by atoms with Gasteiger partial charge in [0.05, 0.1) is 29.9 Å². The number of hydrogen-bond donors (Lipinski definition) is 0. The maximum Gasteiger partial charge on any atom is 0.340 e. The monoisotopic (exact) mass is 1520 g/mol. The lowest BCUT2D eigenvalue weighted by Crippen LogP contribution is -2.62. The van der Waals surface area contributed by atoms with Crippen molar-refractivity contribution in [2.75, 3.05) is 19.8 Å². The molecule has 576 valence electrons. The smallest absolute Gasteiger partial charge is 0.340 e. The van der Waals surface area contributed by atoms with Crippen LogP contribution < -0.4 is 42.6 Å². The molecule has 18 heteroatoms. The van der Waals surface area contributed by atoms with E-state index in [1.807, 2.05) is 273 Å². The summed E-state index contributed by atoms with van der Waals surface area (Å²) in [6.07, 6.45) is -4.81. The molecule has 12 aromatic rings. The first kappa shape index (κ1) is 77.3. The molecule has 2 heterocycles. The van der Waals surface area contributed by atoms with Gasteiger partial charge in [-0.15, -0.1) is 13.2 Å². The van der Waals surface area contributed by atoms with Crippen molar-refractivity contribution in [3.63, 3.8) is 0 Å². The number of hydrogen-bond acceptors (Lipinski definition) is 18. The first-order valence-corrected chi connectivity index (χ1v) is 37.5. The van der Waals surface area contributed by atoms with Gasteiger partial charge in [-0.05, 0) is 74.3 Å². The van der Waals surface area contributed by atoms with E-state index >= 15 is 14.4 Å². The summed E-state index contributed by atoms with van der Waals surface area (Å²) in [6, 6.07) is 91.4. The topological polar surface area (TPSA) is 190 Å². The van der Waals surface area contributed by atoms with Gasteiger partial charge >= 0.3 is 17.9 Å². The third kappa shape index (κ3) is 20.0. The summed E-state index contributed by atoms with van der Waals surface area (Å²) in [4.78, 5) is 49.3. The molecule has 0 aromatic heterocycles. The zero-order valence-corrected chi connectivity index (χ0v) is 62.6. The van der Waals surface area contributed by atoms with Gasteiger partial charge in [0.1, 0.15) is 78.3 Å². The fourth-order valence-corrected chi connectivity index (χ4v) is 13.0. The average molecular weight is 1530 g/mol. The van der Waals surface area contributed by atoms with Gasteiger partial charge in [-0.3, -0.25) is 0 Å². The van der Waals surface area contributed by atoms with Crippen LogP contribution >= 0.6 is 0 Å². The van der Waals surface area contributed by atoms with Crippen LogP contribution in [-0.2, 0) is 87.9 Å². The second kappa shape index (κ2) is 39.0. The Morgan fingerprint density at radius 1 is 0.342 bits per heavy atom. The molecule has 0 N–H and O–H groups in total. The van der Waals surface area contributed by atoms with Crippen molar-refractivity contribution >= 4 is 17.9 Å². The molecule has 14 rings (SSSR count). The van der Waals surface area contributed by atoms with E-state index in [1.165, 1.54) is 36.4 Å². The van der Waals surface area contributed by atoms with Crippen LogP contribution in [0.2, 0.25) is 0 Å². The molecule has 5 atom stereocenters. The summed E-state index contributed by atoms with van der Waals surface area (Å²) < 4.78 is 103. The van der Waals surface area contributed by atoms with Crippen LogP contribution in [0.5, 0.6) is 51.7 Å². The predicted molar refractivity (Wildman–Crippen MR) is 429 cm³/mol. The van der Waals surface area contributed by atoms with E-state index in [4.69, 9.17) is 71.1 Å². The highest BCUT2D eigenvalue weighted by atomic mass is 16.7. The van der Waals surface area contributed by atoms with E-state index < -0.39 is 55.2 Å². The molecule has 0 spiro atoms. The van der Waals surface area contributed by atoms with E-state index in [0.29, 0.717) is 5.56 Å². The SMILES string of the molecule is C=CCOC1C2OC(=O)c3cc(OCc4ccccc4)c(OCc4ccccc4)c(OCc4ccccc4)c3-c3c(cc(OCc4ccccc4)c(OCc4ccccc4)c3OCc3ccccc3)C(=O)OC[C@H]1OC(OC(=O)c1cc(OCc3ccccc3)c(OCc3ccccc3)c(OCc3ccccc3)c1)[C@@H]2OCC=C. The van der Waals surface area contributed by atoms with Crippen molar-refractivity contribution in [1.29, 1.82) is 0 Å². The molecular weight excluding hydrogens is 1440 g/mol. The van der Waals surface area contributed by atoms with Crippen molar-refractivity contribution in [3.05, 3.63) is 389 Å². The van der Waals surface area contributed by atoms with Crippen molar-refractivity contribution in [2.45, 2.75) is 90.2 Å². The van der Waals surface area contributed by atoms with Crippen LogP contribution in [0.1, 0.15) is 81.1 Å².